The van der Waals surface area contributed by atoms with E-state index in [1.165, 1.54) is 0 Å². The Morgan fingerprint density at radius 3 is 2.53 bits per heavy atom. The Balaban J connectivity index is 2.37. The van der Waals surface area contributed by atoms with E-state index in [1.807, 2.05) is 54.0 Å². The quantitative estimate of drug-likeness (QED) is 0.574. The van der Waals surface area contributed by atoms with Crippen LogP contribution in [0.15, 0.2) is 48.0 Å². The van der Waals surface area contributed by atoms with Crippen LogP contribution in [-0.2, 0) is 0 Å². The van der Waals surface area contributed by atoms with Gasteiger partial charge in [-0.2, -0.15) is 0 Å². The highest BCUT2D eigenvalue weighted by Gasteiger charge is 2.04. The highest BCUT2D eigenvalue weighted by Crippen LogP contribution is 2.16. The van der Waals surface area contributed by atoms with Crippen LogP contribution in [0.5, 0.6) is 0 Å². The predicted octanol–water partition coefficient (Wildman–Crippen LogP) is 2.63. The number of nitrogens with zero attached hydrogens (tertiary/aromatic N) is 4. The van der Waals surface area contributed by atoms with Crippen LogP contribution in [0.3, 0.4) is 0 Å². The van der Waals surface area contributed by atoms with Crippen LogP contribution in [-0.4, -0.2) is 34.5 Å². The van der Waals surface area contributed by atoms with Crippen LogP contribution in [0, 0.1) is 0 Å². The third-order valence-corrected chi connectivity index (χ3v) is 2.44. The molecule has 0 radical (unpaired) electrons. The van der Waals surface area contributed by atoms with Crippen molar-refractivity contribution in [3.63, 3.8) is 0 Å². The minimum atomic E-state index is 0.706. The van der Waals surface area contributed by atoms with Crippen molar-refractivity contribution in [2.45, 2.75) is 0 Å². The van der Waals surface area contributed by atoms with Crippen molar-refractivity contribution < 1.29 is 0 Å². The lowest BCUT2D eigenvalue weighted by molar-refractivity contribution is 0.595. The van der Waals surface area contributed by atoms with Crippen molar-refractivity contribution in [2.24, 2.45) is 4.99 Å². The number of hydrogen-bond donors (Lipinski definition) is 0. The smallest absolute Gasteiger partial charge is 0.210 e. The van der Waals surface area contributed by atoms with Gasteiger partial charge in [0.25, 0.3) is 0 Å². The molecule has 1 aromatic heterocycles. The van der Waals surface area contributed by atoms with E-state index in [1.54, 1.807) is 12.5 Å². The molecular formula is C12H13ClN4. The lowest BCUT2D eigenvalue weighted by Gasteiger charge is -2.15. The van der Waals surface area contributed by atoms with Crippen molar-refractivity contribution in [1.82, 2.24) is 14.5 Å². The molecule has 0 aliphatic heterocycles. The van der Waals surface area contributed by atoms with Gasteiger partial charge in [0, 0.05) is 31.5 Å². The maximum absolute atomic E-state index is 5.84. The molecule has 1 heterocycles. The van der Waals surface area contributed by atoms with Crippen molar-refractivity contribution >= 4 is 23.2 Å². The molecule has 88 valence electrons. The van der Waals surface area contributed by atoms with Crippen LogP contribution < -0.4 is 0 Å². The molecule has 2 rings (SSSR count). The fraction of sp³-hybridized carbons (Fsp3) is 0.167. The molecule has 0 N–H and O–H groups in total. The van der Waals surface area contributed by atoms with Gasteiger partial charge in [0.2, 0.25) is 5.96 Å². The molecule has 0 unspecified atom stereocenters. The van der Waals surface area contributed by atoms with Gasteiger partial charge in [0.05, 0.1) is 5.69 Å². The third kappa shape index (κ3) is 2.85. The van der Waals surface area contributed by atoms with E-state index in [4.69, 9.17) is 11.6 Å². The molecule has 0 aliphatic carbocycles. The van der Waals surface area contributed by atoms with Crippen molar-refractivity contribution in [2.75, 3.05) is 14.1 Å². The van der Waals surface area contributed by atoms with E-state index >= 15 is 0 Å². The van der Waals surface area contributed by atoms with Gasteiger partial charge in [0.15, 0.2) is 0 Å². The second kappa shape index (κ2) is 5.01. The molecule has 5 heteroatoms. The highest BCUT2D eigenvalue weighted by atomic mass is 35.5. The average molecular weight is 249 g/mol. The van der Waals surface area contributed by atoms with Gasteiger partial charge in [-0.3, -0.25) is 4.57 Å². The van der Waals surface area contributed by atoms with Crippen LogP contribution in [0.4, 0.5) is 5.69 Å². The molecule has 4 nitrogen and oxygen atoms in total. The monoisotopic (exact) mass is 248 g/mol. The van der Waals surface area contributed by atoms with Crippen molar-refractivity contribution in [1.29, 1.82) is 0 Å². The number of imidazole rings is 1. The van der Waals surface area contributed by atoms with E-state index in [0.29, 0.717) is 5.02 Å². The fourth-order valence-electron chi connectivity index (χ4n) is 1.40. The maximum Gasteiger partial charge on any atom is 0.210 e. The Kier molecular flexibility index (Phi) is 3.44. The van der Waals surface area contributed by atoms with Crippen molar-refractivity contribution in [3.05, 3.63) is 48.0 Å². The summed E-state index contributed by atoms with van der Waals surface area (Å²) in [6.45, 7) is 0. The van der Waals surface area contributed by atoms with E-state index in [0.717, 1.165) is 11.6 Å². The van der Waals surface area contributed by atoms with Crippen LogP contribution >= 0.6 is 11.6 Å². The summed E-state index contributed by atoms with van der Waals surface area (Å²) < 4.78 is 1.86. The average Bonchev–Trinajstić information content (AvgIpc) is 2.81. The Bertz CT molecular complexity index is 500. The number of rotatable bonds is 1. The van der Waals surface area contributed by atoms with E-state index in [9.17, 15) is 0 Å². The van der Waals surface area contributed by atoms with Crippen LogP contribution in [0.25, 0.3) is 0 Å². The fourth-order valence-corrected chi connectivity index (χ4v) is 1.52. The largest absolute Gasteiger partial charge is 0.348 e. The number of aromatic nitrogens is 2. The second-order valence-electron chi connectivity index (χ2n) is 3.75. The molecule has 0 bridgehead atoms. The standard InChI is InChI=1S/C12H13ClN4/c1-16(2)12(17-8-7-14-9-17)15-11-5-3-10(13)4-6-11/h3-9H,1-2H3. The zero-order valence-electron chi connectivity index (χ0n) is 9.71. The van der Waals surface area contributed by atoms with Crippen molar-refractivity contribution in [3.8, 4) is 0 Å². The first kappa shape index (κ1) is 11.7. The molecular weight excluding hydrogens is 236 g/mol. The van der Waals surface area contributed by atoms with Gasteiger partial charge >= 0.3 is 0 Å². The molecule has 0 atom stereocenters. The first-order chi connectivity index (χ1) is 8.16. The summed E-state index contributed by atoms with van der Waals surface area (Å²) in [6, 6.07) is 7.40. The lowest BCUT2D eigenvalue weighted by Crippen LogP contribution is -2.28. The summed E-state index contributed by atoms with van der Waals surface area (Å²) in [5.74, 6) is 0.796. The minimum Gasteiger partial charge on any atom is -0.348 e. The van der Waals surface area contributed by atoms with Gasteiger partial charge in [-0.05, 0) is 24.3 Å². The number of hydrogen-bond acceptors (Lipinski definition) is 2. The second-order valence-corrected chi connectivity index (χ2v) is 4.19. The van der Waals surface area contributed by atoms with Gasteiger partial charge < -0.3 is 4.90 Å². The number of benzene rings is 1. The summed E-state index contributed by atoms with van der Waals surface area (Å²) in [5.41, 5.74) is 0.854. The predicted molar refractivity (Wildman–Crippen MR) is 69.9 cm³/mol. The molecule has 1 aromatic carbocycles. The zero-order chi connectivity index (χ0) is 12.3. The summed E-state index contributed by atoms with van der Waals surface area (Å²) >= 11 is 5.84. The molecule has 0 fully saturated rings. The summed E-state index contributed by atoms with van der Waals surface area (Å²) in [7, 11) is 3.88. The zero-order valence-corrected chi connectivity index (χ0v) is 10.5. The molecule has 2 aromatic rings. The Labute approximate surface area is 105 Å². The third-order valence-electron chi connectivity index (χ3n) is 2.19. The highest BCUT2D eigenvalue weighted by molar-refractivity contribution is 6.30. The first-order valence-electron chi connectivity index (χ1n) is 5.17. The normalized spacial score (nSPS) is 11.6. The molecule has 0 amide bonds. The van der Waals surface area contributed by atoms with E-state index in [-0.39, 0.29) is 0 Å². The van der Waals surface area contributed by atoms with Crippen LogP contribution in [0.2, 0.25) is 5.02 Å². The summed E-state index contributed by atoms with van der Waals surface area (Å²) in [6.07, 6.45) is 5.30. The van der Waals surface area contributed by atoms with Crippen LogP contribution in [0.1, 0.15) is 0 Å². The molecule has 0 aliphatic rings. The molecule has 17 heavy (non-hydrogen) atoms. The van der Waals surface area contributed by atoms with Gasteiger partial charge in [0.1, 0.15) is 6.33 Å². The number of halogens is 1. The summed E-state index contributed by atoms with van der Waals surface area (Å²) in [4.78, 5) is 10.5. The maximum atomic E-state index is 5.84. The molecule has 0 saturated carbocycles. The SMILES string of the molecule is CN(C)C(=Nc1ccc(Cl)cc1)n1ccnc1. The first-order valence-corrected chi connectivity index (χ1v) is 5.54. The Hall–Kier alpha value is -1.81. The molecule has 0 saturated heterocycles. The lowest BCUT2D eigenvalue weighted by atomic mass is 10.3. The van der Waals surface area contributed by atoms with E-state index < -0.39 is 0 Å². The Morgan fingerprint density at radius 2 is 2.00 bits per heavy atom. The molecule has 0 spiro atoms. The van der Waals surface area contributed by atoms with Gasteiger partial charge in [-0.25, -0.2) is 9.98 Å². The summed E-state index contributed by atoms with van der Waals surface area (Å²) in [5, 5.41) is 0.706. The van der Waals surface area contributed by atoms with Gasteiger partial charge in [-0.1, -0.05) is 11.6 Å². The van der Waals surface area contributed by atoms with E-state index in [2.05, 4.69) is 9.98 Å². The number of aliphatic imine (C=N–C) groups is 1. The Morgan fingerprint density at radius 1 is 1.29 bits per heavy atom. The van der Waals surface area contributed by atoms with Gasteiger partial charge in [-0.15, -0.1) is 0 Å². The topological polar surface area (TPSA) is 33.4 Å². The minimum absolute atomic E-state index is 0.706.